The molecule has 0 saturated carbocycles. The summed E-state index contributed by atoms with van der Waals surface area (Å²) in [4.78, 5) is 0. The van der Waals surface area contributed by atoms with E-state index < -0.39 is 0 Å². The van der Waals surface area contributed by atoms with Crippen LogP contribution in [0.3, 0.4) is 0 Å². The van der Waals surface area contributed by atoms with Gasteiger partial charge in [-0.25, -0.2) is 4.68 Å². The van der Waals surface area contributed by atoms with Crippen molar-refractivity contribution in [2.24, 2.45) is 0 Å². The molecule has 1 aromatic heterocycles. The predicted molar refractivity (Wildman–Crippen MR) is 136 cm³/mol. The molecule has 0 radical (unpaired) electrons. The van der Waals surface area contributed by atoms with Gasteiger partial charge in [-0.15, -0.1) is 10.2 Å². The summed E-state index contributed by atoms with van der Waals surface area (Å²) in [5, 5.41) is 9.75. The lowest BCUT2D eigenvalue weighted by atomic mass is 10.2. The van der Waals surface area contributed by atoms with Crippen LogP contribution in [0.2, 0.25) is 5.02 Å². The summed E-state index contributed by atoms with van der Waals surface area (Å²) >= 11 is 11.2. The number of hydrogen-bond donors (Lipinski definition) is 1. The van der Waals surface area contributed by atoms with Crippen LogP contribution in [0.1, 0.15) is 16.7 Å². The molecule has 0 amide bonds. The fourth-order valence-electron chi connectivity index (χ4n) is 3.08. The third kappa shape index (κ3) is 6.43. The fraction of sp³-hybridized carbons (Fsp3) is 0.167. The van der Waals surface area contributed by atoms with Crippen LogP contribution < -0.4 is 14.9 Å². The van der Waals surface area contributed by atoms with Crippen LogP contribution in [0.5, 0.6) is 11.5 Å². The topological polar surface area (TPSA) is 61.2 Å². The molecule has 1 heterocycles. The molecule has 0 atom stereocenters. The monoisotopic (exact) mass is 544 g/mol. The van der Waals surface area contributed by atoms with E-state index in [4.69, 9.17) is 21.1 Å². The average molecular weight is 546 g/mol. The van der Waals surface area contributed by atoms with Gasteiger partial charge in [-0.2, -0.15) is 0 Å². The molecule has 0 bridgehead atoms. The molecular weight excluding hydrogens is 524 g/mol. The van der Waals surface area contributed by atoms with Crippen LogP contribution >= 0.6 is 39.3 Å². The van der Waals surface area contributed by atoms with Gasteiger partial charge in [0.25, 0.3) is 0 Å². The third-order valence-electron chi connectivity index (χ3n) is 4.77. The maximum absolute atomic E-state index is 6.02. The van der Waals surface area contributed by atoms with Crippen molar-refractivity contribution in [3.63, 3.8) is 0 Å². The molecule has 0 unspecified atom stereocenters. The Hall–Kier alpha value is -2.68. The van der Waals surface area contributed by atoms with E-state index >= 15 is 0 Å². The number of benzene rings is 3. The second kappa shape index (κ2) is 11.4. The van der Waals surface area contributed by atoms with Crippen molar-refractivity contribution in [3.05, 3.63) is 99.2 Å². The molecule has 6 nitrogen and oxygen atoms in total. The van der Waals surface area contributed by atoms with E-state index in [9.17, 15) is 0 Å². The first kappa shape index (κ1) is 23.5. The Morgan fingerprint density at radius 2 is 1.82 bits per heavy atom. The van der Waals surface area contributed by atoms with Gasteiger partial charge in [0.05, 0.1) is 18.1 Å². The van der Waals surface area contributed by atoms with Crippen molar-refractivity contribution in [2.45, 2.75) is 24.1 Å². The lowest BCUT2D eigenvalue weighted by Crippen LogP contribution is -2.14. The second-order valence-corrected chi connectivity index (χ2v) is 9.35. The zero-order valence-electron chi connectivity index (χ0n) is 17.9. The summed E-state index contributed by atoms with van der Waals surface area (Å²) in [6, 6.07) is 21.8. The molecule has 0 spiro atoms. The number of halogens is 2. The smallest absolute Gasteiger partial charge is 0.210 e. The number of methoxy groups -OCH3 is 1. The Morgan fingerprint density at radius 3 is 2.58 bits per heavy atom. The van der Waals surface area contributed by atoms with Crippen LogP contribution in [0.15, 0.2) is 82.7 Å². The Labute approximate surface area is 210 Å². The highest BCUT2D eigenvalue weighted by molar-refractivity contribution is 9.10. The zero-order valence-corrected chi connectivity index (χ0v) is 21.0. The lowest BCUT2D eigenvalue weighted by Gasteiger charge is -2.15. The second-order valence-electron chi connectivity index (χ2n) is 7.12. The standard InChI is InChI=1S/C24H22BrClN4O2S/c1-31-22-12-19(11-21(25)23(22)32-14-17-5-3-2-4-6-17)13-28-30-16-27-29-24(30)33-15-18-7-9-20(26)10-8-18/h2-12,16,28H,13-15H2,1H3. The molecule has 1 N–H and O–H groups in total. The number of nitrogens with zero attached hydrogens (tertiary/aromatic N) is 3. The molecule has 4 aromatic rings. The number of ether oxygens (including phenoxy) is 2. The van der Waals surface area contributed by atoms with Crippen molar-refractivity contribution in [1.29, 1.82) is 0 Å². The Bertz CT molecular complexity index is 1190. The highest BCUT2D eigenvalue weighted by Crippen LogP contribution is 2.37. The van der Waals surface area contributed by atoms with Crippen LogP contribution in [-0.2, 0) is 18.9 Å². The van der Waals surface area contributed by atoms with E-state index in [2.05, 4.69) is 31.6 Å². The summed E-state index contributed by atoms with van der Waals surface area (Å²) < 4.78 is 14.3. The summed E-state index contributed by atoms with van der Waals surface area (Å²) in [5.74, 6) is 2.11. The highest BCUT2D eigenvalue weighted by atomic mass is 79.9. The molecule has 3 aromatic carbocycles. The summed E-state index contributed by atoms with van der Waals surface area (Å²) in [6.07, 6.45) is 1.66. The summed E-state index contributed by atoms with van der Waals surface area (Å²) in [6.45, 7) is 1.02. The molecule has 0 aliphatic heterocycles. The molecule has 0 fully saturated rings. The first-order valence-corrected chi connectivity index (χ1v) is 12.3. The van der Waals surface area contributed by atoms with Gasteiger partial charge in [-0.1, -0.05) is 65.8 Å². The van der Waals surface area contributed by atoms with E-state index in [1.54, 1.807) is 25.2 Å². The zero-order chi connectivity index (χ0) is 23.0. The van der Waals surface area contributed by atoms with Crippen LogP contribution in [0.4, 0.5) is 0 Å². The number of thioether (sulfide) groups is 1. The van der Waals surface area contributed by atoms with Crippen molar-refractivity contribution in [2.75, 3.05) is 12.5 Å². The highest BCUT2D eigenvalue weighted by Gasteiger charge is 2.13. The van der Waals surface area contributed by atoms with Gasteiger partial charge in [0.2, 0.25) is 5.16 Å². The molecule has 0 aliphatic rings. The van der Waals surface area contributed by atoms with Gasteiger partial charge in [0.15, 0.2) is 11.5 Å². The van der Waals surface area contributed by atoms with Gasteiger partial charge in [0, 0.05) is 10.8 Å². The minimum Gasteiger partial charge on any atom is -0.493 e. The van der Waals surface area contributed by atoms with Gasteiger partial charge in [0.1, 0.15) is 12.9 Å². The number of hydrogen-bond acceptors (Lipinski definition) is 6. The summed E-state index contributed by atoms with van der Waals surface area (Å²) in [7, 11) is 1.64. The van der Waals surface area contributed by atoms with E-state index in [1.807, 2.05) is 71.4 Å². The largest absolute Gasteiger partial charge is 0.493 e. The first-order chi connectivity index (χ1) is 16.1. The van der Waals surface area contributed by atoms with Crippen molar-refractivity contribution < 1.29 is 9.47 Å². The van der Waals surface area contributed by atoms with Gasteiger partial charge in [-0.3, -0.25) is 0 Å². The molecule has 0 saturated heterocycles. The first-order valence-electron chi connectivity index (χ1n) is 10.2. The maximum Gasteiger partial charge on any atom is 0.210 e. The minimum absolute atomic E-state index is 0.461. The number of nitrogens with one attached hydrogen (secondary N) is 1. The maximum atomic E-state index is 6.02. The SMILES string of the molecule is COc1cc(CNn2cnnc2SCc2ccc(Cl)cc2)cc(Br)c1OCc1ccccc1. The molecule has 33 heavy (non-hydrogen) atoms. The van der Waals surface area contributed by atoms with E-state index in [1.165, 1.54) is 5.56 Å². The summed E-state index contributed by atoms with van der Waals surface area (Å²) in [5.41, 5.74) is 6.62. The predicted octanol–water partition coefficient (Wildman–Crippen LogP) is 6.32. The normalized spacial score (nSPS) is 10.8. The van der Waals surface area contributed by atoms with Crippen LogP contribution in [-0.4, -0.2) is 22.0 Å². The van der Waals surface area contributed by atoms with Crippen LogP contribution in [0.25, 0.3) is 0 Å². The minimum atomic E-state index is 0.461. The molecular formula is C24H22BrClN4O2S. The molecule has 4 rings (SSSR count). The Balaban J connectivity index is 1.39. The van der Waals surface area contributed by atoms with Gasteiger partial charge >= 0.3 is 0 Å². The number of rotatable bonds is 10. The van der Waals surface area contributed by atoms with Crippen LogP contribution in [0, 0.1) is 0 Å². The lowest BCUT2D eigenvalue weighted by molar-refractivity contribution is 0.282. The average Bonchev–Trinajstić information content (AvgIpc) is 3.29. The Morgan fingerprint density at radius 1 is 1.03 bits per heavy atom. The molecule has 9 heteroatoms. The number of aromatic nitrogens is 3. The molecule has 170 valence electrons. The Kier molecular flexibility index (Phi) is 8.15. The van der Waals surface area contributed by atoms with Crippen molar-refractivity contribution >= 4 is 39.3 Å². The third-order valence-corrected chi connectivity index (χ3v) is 6.62. The van der Waals surface area contributed by atoms with E-state index in [0.29, 0.717) is 24.7 Å². The van der Waals surface area contributed by atoms with Crippen molar-refractivity contribution in [3.8, 4) is 11.5 Å². The van der Waals surface area contributed by atoms with E-state index in [0.717, 1.165) is 31.5 Å². The molecule has 0 aliphatic carbocycles. The van der Waals surface area contributed by atoms with Crippen molar-refractivity contribution in [1.82, 2.24) is 14.9 Å². The van der Waals surface area contributed by atoms with Gasteiger partial charge in [-0.05, 0) is 56.9 Å². The van der Waals surface area contributed by atoms with E-state index in [-0.39, 0.29) is 0 Å². The fourth-order valence-corrected chi connectivity index (χ4v) is 4.66. The van der Waals surface area contributed by atoms with Gasteiger partial charge < -0.3 is 14.9 Å². The quantitative estimate of drug-likeness (QED) is 0.235.